The molecule has 0 saturated carbocycles. The fraction of sp³-hybridized carbons (Fsp3) is 0.417. The first kappa shape index (κ1) is 41.6. The van der Waals surface area contributed by atoms with Crippen LogP contribution in [0.25, 0.3) is 18.2 Å². The first-order chi connectivity index (χ1) is 28.5. The number of hydrogen-bond acceptors (Lipinski definition) is 7. The van der Waals surface area contributed by atoms with E-state index in [9.17, 15) is 9.59 Å². The van der Waals surface area contributed by atoms with Crippen LogP contribution in [0.5, 0.6) is 0 Å². The summed E-state index contributed by atoms with van der Waals surface area (Å²) in [4.78, 5) is 34.3. The molecular weight excluding hydrogens is 757 g/mol. The first-order valence-electron chi connectivity index (χ1n) is 21.3. The monoisotopic (exact) mass is 815 g/mol. The Hall–Kier alpha value is -4.54. The minimum absolute atomic E-state index is 0.00711. The molecule has 2 aromatic carbocycles. The Morgan fingerprint density at radius 2 is 1.21 bits per heavy atom. The maximum Gasteiger partial charge on any atom is 0.226 e. The average Bonchev–Trinajstić information content (AvgIpc) is 3.25. The number of allylic oxidation sites excluding steroid dienone is 4. The van der Waals surface area contributed by atoms with Crippen molar-refractivity contribution in [2.45, 2.75) is 70.8 Å². The Morgan fingerprint density at radius 1 is 0.707 bits per heavy atom. The lowest BCUT2D eigenvalue weighted by molar-refractivity contribution is -0.695. The van der Waals surface area contributed by atoms with Gasteiger partial charge < -0.3 is 20.4 Å². The van der Waals surface area contributed by atoms with Crippen LogP contribution >= 0.6 is 21.6 Å². The van der Waals surface area contributed by atoms with Crippen LogP contribution in [0, 0.1) is 0 Å². The molecule has 58 heavy (non-hydrogen) atoms. The Balaban J connectivity index is 0.709. The van der Waals surface area contributed by atoms with Crippen molar-refractivity contribution in [3.8, 4) is 0 Å². The third kappa shape index (κ3) is 11.8. The molecule has 1 aromatic heterocycles. The molecule has 304 valence electrons. The lowest BCUT2D eigenvalue weighted by atomic mass is 9.90. The van der Waals surface area contributed by atoms with Gasteiger partial charge in [0.25, 0.3) is 0 Å². The van der Waals surface area contributed by atoms with Gasteiger partial charge in [0, 0.05) is 93.5 Å². The van der Waals surface area contributed by atoms with Crippen LogP contribution in [0.3, 0.4) is 0 Å². The van der Waals surface area contributed by atoms with Crippen molar-refractivity contribution in [3.63, 3.8) is 0 Å². The van der Waals surface area contributed by atoms with Gasteiger partial charge in [0.1, 0.15) is 0 Å². The Morgan fingerprint density at radius 3 is 1.74 bits per heavy atom. The number of benzene rings is 2. The van der Waals surface area contributed by atoms with Gasteiger partial charge in [-0.2, -0.15) is 0 Å². The number of hydrogen-bond donors (Lipinski definition) is 2. The molecule has 0 radical (unpaired) electrons. The predicted molar refractivity (Wildman–Crippen MR) is 247 cm³/mol. The van der Waals surface area contributed by atoms with Crippen LogP contribution in [0.4, 0.5) is 11.4 Å². The van der Waals surface area contributed by atoms with Crippen LogP contribution in [0.2, 0.25) is 0 Å². The highest BCUT2D eigenvalue weighted by Gasteiger charge is 2.25. The fourth-order valence-electron chi connectivity index (χ4n) is 8.53. The molecule has 0 fully saturated rings. The van der Waals surface area contributed by atoms with Gasteiger partial charge in [-0.15, -0.1) is 0 Å². The highest BCUT2D eigenvalue weighted by atomic mass is 33.1. The predicted octanol–water partition coefficient (Wildman–Crippen LogP) is 7.83. The number of nitrogens with one attached hydrogen (secondary N) is 2. The second-order valence-electron chi connectivity index (χ2n) is 15.6. The number of pyridine rings is 1. The smallest absolute Gasteiger partial charge is 0.226 e. The minimum Gasteiger partial charge on any atom is -0.371 e. The van der Waals surface area contributed by atoms with Gasteiger partial charge in [0.15, 0.2) is 18.9 Å². The van der Waals surface area contributed by atoms with E-state index in [1.54, 1.807) is 27.8 Å². The van der Waals surface area contributed by atoms with Crippen molar-refractivity contribution in [1.29, 1.82) is 0 Å². The summed E-state index contributed by atoms with van der Waals surface area (Å²) in [5.74, 6) is 1.70. The molecule has 0 saturated heterocycles. The molecule has 7 rings (SSSR count). The summed E-state index contributed by atoms with van der Waals surface area (Å²) in [6.45, 7) is 11.1. The highest BCUT2D eigenvalue weighted by molar-refractivity contribution is 8.76. The normalized spacial score (nSPS) is 16.2. The van der Waals surface area contributed by atoms with E-state index in [1.165, 1.54) is 109 Å². The van der Waals surface area contributed by atoms with Crippen LogP contribution < -0.4 is 25.0 Å². The number of carbonyl (C=O) groups excluding carboxylic acids is 2. The number of anilines is 2. The maximum absolute atomic E-state index is 12.4. The molecular formula is C48H59N6O2S2+. The molecule has 4 aliphatic heterocycles. The molecule has 0 aliphatic carbocycles. The standard InChI is InChI=1S/C48H58N6O2S2/c1-2-37(11-13-39-33-41-7-3-24-53-25-4-8-42(34-39)47(41)53)15-20-49-21-16-45(55)50-22-31-57-58-32-23-51-46(56)19-30-52-28-17-38(18-29-52)12-14-40-35-43-9-5-26-54-27-6-10-44(36-40)48(43)54/h2,11-15,17-18,20,28-29,33-36H,1,3-10,16,19,21-27,30-32H2,(H-,50,51,55,56)/p+1/b13-11+,37-15+,49-20?. The summed E-state index contributed by atoms with van der Waals surface area (Å²) < 4.78 is 2.06. The van der Waals surface area contributed by atoms with Crippen LogP contribution in [0.1, 0.15) is 77.5 Å². The van der Waals surface area contributed by atoms with Gasteiger partial charge in [-0.3, -0.25) is 14.6 Å². The molecule has 2 amide bonds. The number of nitrogens with zero attached hydrogens (tertiary/aromatic N) is 4. The van der Waals surface area contributed by atoms with Crippen molar-refractivity contribution in [2.24, 2.45) is 4.99 Å². The molecule has 4 aliphatic rings. The van der Waals surface area contributed by atoms with Crippen molar-refractivity contribution in [1.82, 2.24) is 10.6 Å². The van der Waals surface area contributed by atoms with E-state index in [1.807, 2.05) is 12.2 Å². The molecule has 10 heteroatoms. The van der Waals surface area contributed by atoms with E-state index in [0.29, 0.717) is 39.0 Å². The second-order valence-corrected chi connectivity index (χ2v) is 18.3. The zero-order valence-electron chi connectivity index (χ0n) is 33.9. The van der Waals surface area contributed by atoms with Crippen molar-refractivity contribution in [3.05, 3.63) is 118 Å². The lowest BCUT2D eigenvalue weighted by Crippen LogP contribution is -2.36. The quantitative estimate of drug-likeness (QED) is 0.0423. The number of aryl methyl sites for hydroxylation is 5. The number of carbonyl (C=O) groups is 2. The summed E-state index contributed by atoms with van der Waals surface area (Å²) >= 11 is 0. The number of rotatable bonds is 19. The van der Waals surface area contributed by atoms with Crippen LogP contribution in [0.15, 0.2) is 84.2 Å². The van der Waals surface area contributed by atoms with E-state index in [2.05, 4.69) is 110 Å². The van der Waals surface area contributed by atoms with Crippen molar-refractivity contribution < 1.29 is 14.2 Å². The van der Waals surface area contributed by atoms with E-state index in [-0.39, 0.29) is 11.8 Å². The third-order valence-corrected chi connectivity index (χ3v) is 13.7. The number of amides is 2. The van der Waals surface area contributed by atoms with E-state index in [4.69, 9.17) is 0 Å². The zero-order chi connectivity index (χ0) is 39.9. The van der Waals surface area contributed by atoms with E-state index < -0.39 is 0 Å². The Kier molecular flexibility index (Phi) is 15.4. The molecule has 5 heterocycles. The maximum atomic E-state index is 12.4. The number of aromatic nitrogens is 1. The molecule has 0 bridgehead atoms. The largest absolute Gasteiger partial charge is 0.371 e. The second kappa shape index (κ2) is 21.5. The van der Waals surface area contributed by atoms with Crippen molar-refractivity contribution >= 4 is 69.2 Å². The third-order valence-electron chi connectivity index (χ3n) is 11.3. The SMILES string of the molecule is C=CC(/C=C/c1cc2c3c(c1)CCCN3CCC2)=C\C=NCCC(=O)NCCSSCCNC(=O)CC[n+]1ccc(/C=C/c2cc3c4c(c2)CCCN4CCC3)cc1. The fourth-order valence-corrected chi connectivity index (χ4v) is 10.3. The Labute approximate surface area is 353 Å². The van der Waals surface area contributed by atoms with Gasteiger partial charge in [-0.25, -0.2) is 4.57 Å². The zero-order valence-corrected chi connectivity index (χ0v) is 35.6. The molecule has 3 aromatic rings. The number of aliphatic imine (C=N–C) groups is 1. The molecule has 0 spiro atoms. The molecule has 2 N–H and O–H groups in total. The average molecular weight is 816 g/mol. The van der Waals surface area contributed by atoms with E-state index in [0.717, 1.165) is 35.5 Å². The van der Waals surface area contributed by atoms with Crippen molar-refractivity contribution in [2.75, 3.05) is 67.1 Å². The topological polar surface area (TPSA) is 80.9 Å². The summed E-state index contributed by atoms with van der Waals surface area (Å²) in [5.41, 5.74) is 13.7. The van der Waals surface area contributed by atoms with Gasteiger partial charge >= 0.3 is 0 Å². The van der Waals surface area contributed by atoms with Gasteiger partial charge in [0.05, 0.1) is 6.42 Å². The molecule has 0 atom stereocenters. The molecule has 8 nitrogen and oxygen atoms in total. The van der Waals surface area contributed by atoms with Gasteiger partial charge in [0.2, 0.25) is 11.8 Å². The molecule has 0 unspecified atom stereocenters. The Bertz CT molecular complexity index is 1980. The highest BCUT2D eigenvalue weighted by Crippen LogP contribution is 2.37. The van der Waals surface area contributed by atoms with Crippen LogP contribution in [-0.2, 0) is 41.8 Å². The lowest BCUT2D eigenvalue weighted by Gasteiger charge is -2.37. The van der Waals surface area contributed by atoms with E-state index >= 15 is 0 Å². The minimum atomic E-state index is 0.00711. The summed E-state index contributed by atoms with van der Waals surface area (Å²) in [7, 11) is 3.42. The van der Waals surface area contributed by atoms with Gasteiger partial charge in [-0.1, -0.05) is 58.5 Å². The summed E-state index contributed by atoms with van der Waals surface area (Å²) in [6, 6.07) is 13.7. The van der Waals surface area contributed by atoms with Crippen LogP contribution in [-0.4, -0.2) is 75.3 Å². The summed E-state index contributed by atoms with van der Waals surface area (Å²) in [6.07, 6.45) is 28.8. The summed E-state index contributed by atoms with van der Waals surface area (Å²) in [5, 5.41) is 6.00. The first-order valence-corrected chi connectivity index (χ1v) is 23.8. The van der Waals surface area contributed by atoms with Gasteiger partial charge in [-0.05, 0) is 126 Å².